The molecule has 0 amide bonds. The lowest BCUT2D eigenvalue weighted by molar-refractivity contribution is -0.143. The highest BCUT2D eigenvalue weighted by atomic mass is 35.5. The third kappa shape index (κ3) is 4.43. The fourth-order valence-corrected chi connectivity index (χ4v) is 4.09. The molecular formula is C21H16Cl2F6O2. The van der Waals surface area contributed by atoms with Crippen LogP contribution in [0.4, 0.5) is 26.3 Å². The second kappa shape index (κ2) is 7.98. The van der Waals surface area contributed by atoms with Crippen LogP contribution in [0.3, 0.4) is 0 Å². The van der Waals surface area contributed by atoms with Gasteiger partial charge in [-0.25, -0.2) is 0 Å². The molecule has 0 radical (unpaired) electrons. The summed E-state index contributed by atoms with van der Waals surface area (Å²) in [4.78, 5) is 12.0. The van der Waals surface area contributed by atoms with Crippen molar-refractivity contribution in [1.29, 1.82) is 0 Å². The summed E-state index contributed by atoms with van der Waals surface area (Å²) in [6.07, 6.45) is -11.2. The Morgan fingerprint density at radius 1 is 0.968 bits per heavy atom. The molecule has 31 heavy (non-hydrogen) atoms. The van der Waals surface area contributed by atoms with E-state index in [0.29, 0.717) is 17.7 Å². The Bertz CT molecular complexity index is 940. The molecule has 0 aromatic heterocycles. The minimum Gasteiger partial charge on any atom is -0.373 e. The van der Waals surface area contributed by atoms with Crippen molar-refractivity contribution in [3.05, 3.63) is 70.8 Å². The topological polar surface area (TPSA) is 26.3 Å². The Morgan fingerprint density at radius 2 is 1.48 bits per heavy atom. The molecule has 0 spiro atoms. The van der Waals surface area contributed by atoms with Crippen LogP contribution in [-0.2, 0) is 27.3 Å². The maximum atomic E-state index is 13.1. The SMILES string of the molecule is CC(OCC1(c2ccccc2)CC(=O)C1(Cl)Cl)c1cc(C(F)(F)F)cc(C(F)(F)F)c1. The van der Waals surface area contributed by atoms with E-state index < -0.39 is 45.1 Å². The van der Waals surface area contributed by atoms with Crippen LogP contribution in [0.1, 0.15) is 41.7 Å². The summed E-state index contributed by atoms with van der Waals surface area (Å²) in [5, 5.41) is 0. The van der Waals surface area contributed by atoms with E-state index in [4.69, 9.17) is 27.9 Å². The monoisotopic (exact) mass is 484 g/mol. The lowest BCUT2D eigenvalue weighted by atomic mass is 9.63. The molecule has 0 saturated heterocycles. The minimum absolute atomic E-state index is 0.0504. The van der Waals surface area contributed by atoms with Crippen molar-refractivity contribution in [2.75, 3.05) is 6.61 Å². The molecule has 3 rings (SSSR count). The normalized spacial score (nSPS) is 22.2. The standard InChI is InChI=1S/C21H16Cl2F6O2/c1-12(13-7-15(20(24,25)26)9-16(8-13)21(27,28)29)31-11-18(10-17(30)19(18,22)23)14-5-3-2-4-6-14/h2-9,12H,10-11H2,1H3. The van der Waals surface area contributed by atoms with Gasteiger partial charge >= 0.3 is 12.4 Å². The van der Waals surface area contributed by atoms with Gasteiger partial charge in [0.1, 0.15) is 0 Å². The summed E-state index contributed by atoms with van der Waals surface area (Å²) in [5.41, 5.74) is -3.80. The second-order valence-corrected chi connectivity index (χ2v) is 8.74. The number of halogens is 8. The molecular weight excluding hydrogens is 469 g/mol. The average molecular weight is 485 g/mol. The van der Waals surface area contributed by atoms with E-state index in [-0.39, 0.29) is 24.7 Å². The number of carbonyl (C=O) groups is 1. The summed E-state index contributed by atoms with van der Waals surface area (Å²) in [6, 6.07) is 9.72. The number of Topliss-reactive ketones (excluding diaryl/α,β-unsaturated/α-hetero) is 1. The van der Waals surface area contributed by atoms with Crippen molar-refractivity contribution in [2.45, 2.75) is 41.5 Å². The summed E-state index contributed by atoms with van der Waals surface area (Å²) >= 11 is 12.5. The summed E-state index contributed by atoms with van der Waals surface area (Å²) in [6.45, 7) is 1.04. The number of ether oxygens (including phenoxy) is 1. The Balaban J connectivity index is 1.92. The first-order valence-corrected chi connectivity index (χ1v) is 9.82. The molecule has 2 aromatic carbocycles. The number of alkyl halides is 8. The van der Waals surface area contributed by atoms with Crippen LogP contribution >= 0.6 is 23.2 Å². The van der Waals surface area contributed by atoms with Crippen LogP contribution in [0.2, 0.25) is 0 Å². The number of hydrogen-bond donors (Lipinski definition) is 0. The molecule has 0 heterocycles. The highest BCUT2D eigenvalue weighted by molar-refractivity contribution is 6.61. The first-order chi connectivity index (χ1) is 14.2. The predicted octanol–water partition coefficient (Wildman–Crippen LogP) is 6.89. The molecule has 10 heteroatoms. The summed E-state index contributed by atoms with van der Waals surface area (Å²) in [5.74, 6) is -0.450. The fraction of sp³-hybridized carbons (Fsp3) is 0.381. The number of hydrogen-bond acceptors (Lipinski definition) is 2. The van der Waals surface area contributed by atoms with Gasteiger partial charge in [-0.15, -0.1) is 0 Å². The Morgan fingerprint density at radius 3 is 1.90 bits per heavy atom. The van der Waals surface area contributed by atoms with Crippen LogP contribution < -0.4 is 0 Å². The van der Waals surface area contributed by atoms with E-state index in [9.17, 15) is 31.1 Å². The highest BCUT2D eigenvalue weighted by Gasteiger charge is 2.65. The van der Waals surface area contributed by atoms with Gasteiger partial charge in [-0.05, 0) is 36.2 Å². The van der Waals surface area contributed by atoms with E-state index >= 15 is 0 Å². The van der Waals surface area contributed by atoms with Crippen molar-refractivity contribution in [3.63, 3.8) is 0 Å². The van der Waals surface area contributed by atoms with Crippen molar-refractivity contribution in [2.24, 2.45) is 0 Å². The van der Waals surface area contributed by atoms with Gasteiger partial charge < -0.3 is 4.74 Å². The molecule has 2 aromatic rings. The zero-order chi connectivity index (χ0) is 23.2. The molecule has 168 valence electrons. The molecule has 2 unspecified atom stereocenters. The Labute approximate surface area is 184 Å². The number of benzene rings is 2. The van der Waals surface area contributed by atoms with Gasteiger partial charge in [0.2, 0.25) is 0 Å². The minimum atomic E-state index is -4.97. The van der Waals surface area contributed by atoms with E-state index in [0.717, 1.165) is 0 Å². The third-order valence-corrected chi connectivity index (χ3v) is 6.54. The molecule has 1 aliphatic rings. The molecule has 0 bridgehead atoms. The van der Waals surface area contributed by atoms with Crippen LogP contribution in [-0.4, -0.2) is 16.7 Å². The lowest BCUT2D eigenvalue weighted by Gasteiger charge is -2.50. The van der Waals surface area contributed by atoms with Gasteiger partial charge in [0.05, 0.1) is 29.3 Å². The summed E-state index contributed by atoms with van der Waals surface area (Å²) < 4.78 is 82.6. The van der Waals surface area contributed by atoms with E-state index in [1.807, 2.05) is 0 Å². The van der Waals surface area contributed by atoms with Crippen LogP contribution in [0.5, 0.6) is 0 Å². The van der Waals surface area contributed by atoms with Crippen LogP contribution in [0, 0.1) is 0 Å². The zero-order valence-corrected chi connectivity index (χ0v) is 17.5. The van der Waals surface area contributed by atoms with E-state index in [2.05, 4.69) is 0 Å². The van der Waals surface area contributed by atoms with Gasteiger partial charge in [-0.3, -0.25) is 4.79 Å². The average Bonchev–Trinajstić information content (AvgIpc) is 2.69. The molecule has 1 aliphatic carbocycles. The third-order valence-electron chi connectivity index (χ3n) is 5.40. The van der Waals surface area contributed by atoms with Gasteiger partial charge in [-0.2, -0.15) is 26.3 Å². The first kappa shape index (κ1) is 23.9. The first-order valence-electron chi connectivity index (χ1n) is 9.06. The van der Waals surface area contributed by atoms with Gasteiger partial charge in [0, 0.05) is 6.42 Å². The van der Waals surface area contributed by atoms with Gasteiger partial charge in [0.15, 0.2) is 10.1 Å². The van der Waals surface area contributed by atoms with Crippen molar-refractivity contribution < 1.29 is 35.9 Å². The Kier molecular flexibility index (Phi) is 6.14. The molecule has 0 N–H and O–H groups in total. The quantitative estimate of drug-likeness (QED) is 0.341. The molecule has 0 aliphatic heterocycles. The zero-order valence-electron chi connectivity index (χ0n) is 16.0. The number of rotatable bonds is 5. The van der Waals surface area contributed by atoms with E-state index in [1.54, 1.807) is 30.3 Å². The second-order valence-electron chi connectivity index (χ2n) is 7.41. The van der Waals surface area contributed by atoms with E-state index in [1.165, 1.54) is 6.92 Å². The maximum absolute atomic E-state index is 13.1. The maximum Gasteiger partial charge on any atom is 0.416 e. The van der Waals surface area contributed by atoms with Gasteiger partial charge in [0.25, 0.3) is 0 Å². The number of carbonyl (C=O) groups excluding carboxylic acids is 1. The highest BCUT2D eigenvalue weighted by Crippen LogP contribution is 2.56. The smallest absolute Gasteiger partial charge is 0.373 e. The van der Waals surface area contributed by atoms with Crippen molar-refractivity contribution >= 4 is 29.0 Å². The Hall–Kier alpha value is -1.77. The van der Waals surface area contributed by atoms with Crippen LogP contribution in [0.15, 0.2) is 48.5 Å². The molecule has 1 saturated carbocycles. The predicted molar refractivity (Wildman–Crippen MR) is 103 cm³/mol. The lowest BCUT2D eigenvalue weighted by Crippen LogP contribution is -2.63. The van der Waals surface area contributed by atoms with Crippen molar-refractivity contribution in [1.82, 2.24) is 0 Å². The molecule has 1 fully saturated rings. The van der Waals surface area contributed by atoms with Crippen molar-refractivity contribution in [3.8, 4) is 0 Å². The molecule has 2 atom stereocenters. The van der Waals surface area contributed by atoms with Gasteiger partial charge in [-0.1, -0.05) is 53.5 Å². The number of ketones is 1. The van der Waals surface area contributed by atoms with Crippen LogP contribution in [0.25, 0.3) is 0 Å². The summed E-state index contributed by atoms with van der Waals surface area (Å²) in [7, 11) is 0. The largest absolute Gasteiger partial charge is 0.416 e. The fourth-order valence-electron chi connectivity index (χ4n) is 3.50. The molecule has 2 nitrogen and oxygen atoms in total.